The summed E-state index contributed by atoms with van der Waals surface area (Å²) in [7, 11) is 0. The number of carbonyl (C=O) groups is 1. The molecule has 0 atom stereocenters. The van der Waals surface area contributed by atoms with E-state index in [1.807, 2.05) is 31.2 Å². The van der Waals surface area contributed by atoms with Crippen molar-refractivity contribution >= 4 is 17.3 Å². The molecule has 0 aliphatic carbocycles. The average Bonchev–Trinajstić information content (AvgIpc) is 2.45. The predicted molar refractivity (Wildman–Crippen MR) is 84.5 cm³/mol. The maximum absolute atomic E-state index is 11.2. The Morgan fingerprint density at radius 3 is 2.71 bits per heavy atom. The number of carbonyl (C=O) groups excluding carboxylic acids is 1. The van der Waals surface area contributed by atoms with Crippen LogP contribution in [-0.2, 0) is 0 Å². The molecule has 5 nitrogen and oxygen atoms in total. The topological polar surface area (TPSA) is 90.4 Å². The molecule has 0 saturated heterocycles. The monoisotopic (exact) mass is 285 g/mol. The van der Waals surface area contributed by atoms with E-state index in [9.17, 15) is 4.79 Å². The third-order valence-electron chi connectivity index (χ3n) is 3.05. The van der Waals surface area contributed by atoms with Gasteiger partial charge < -0.3 is 21.5 Å². The quantitative estimate of drug-likeness (QED) is 0.560. The van der Waals surface area contributed by atoms with Gasteiger partial charge in [0.15, 0.2) is 0 Å². The Balaban J connectivity index is 1.89. The van der Waals surface area contributed by atoms with Gasteiger partial charge in [0.1, 0.15) is 12.4 Å². The van der Waals surface area contributed by atoms with E-state index in [1.54, 1.807) is 18.2 Å². The van der Waals surface area contributed by atoms with Crippen molar-refractivity contribution in [1.29, 1.82) is 0 Å². The molecule has 0 fully saturated rings. The standard InChI is InChI=1S/C16H19N3O2/c1-11-4-2-5-12(10-11)21-9-8-19-14-7-3-6-13(15(14)17)16(18)20/h2-7,10,19H,8-9,17H2,1H3,(H2,18,20). The molecule has 2 aromatic rings. The third-order valence-corrected chi connectivity index (χ3v) is 3.05. The van der Waals surface area contributed by atoms with E-state index in [-0.39, 0.29) is 0 Å². The highest BCUT2D eigenvalue weighted by atomic mass is 16.5. The summed E-state index contributed by atoms with van der Waals surface area (Å²) < 4.78 is 5.63. The summed E-state index contributed by atoms with van der Waals surface area (Å²) in [5.74, 6) is 0.294. The number of benzene rings is 2. The van der Waals surface area contributed by atoms with Crippen LogP contribution in [0.3, 0.4) is 0 Å². The van der Waals surface area contributed by atoms with Crippen LogP contribution in [0.5, 0.6) is 5.75 Å². The Labute approximate surface area is 123 Å². The van der Waals surface area contributed by atoms with Gasteiger partial charge >= 0.3 is 0 Å². The molecule has 5 heteroatoms. The second kappa shape index (κ2) is 6.65. The van der Waals surface area contributed by atoms with Crippen LogP contribution in [0.2, 0.25) is 0 Å². The minimum Gasteiger partial charge on any atom is -0.492 e. The number of amides is 1. The minimum atomic E-state index is -0.535. The van der Waals surface area contributed by atoms with Crippen LogP contribution in [0.1, 0.15) is 15.9 Å². The fourth-order valence-corrected chi connectivity index (χ4v) is 1.99. The lowest BCUT2D eigenvalue weighted by molar-refractivity contribution is 0.100. The third kappa shape index (κ3) is 3.89. The van der Waals surface area contributed by atoms with Gasteiger partial charge in [0.2, 0.25) is 0 Å². The van der Waals surface area contributed by atoms with Crippen molar-refractivity contribution in [1.82, 2.24) is 0 Å². The van der Waals surface area contributed by atoms with Gasteiger partial charge in [-0.25, -0.2) is 0 Å². The number of para-hydroxylation sites is 1. The first-order chi connectivity index (χ1) is 10.1. The number of ether oxygens (including phenoxy) is 1. The number of nitrogens with two attached hydrogens (primary N) is 2. The van der Waals surface area contributed by atoms with Crippen molar-refractivity contribution in [3.63, 3.8) is 0 Å². The van der Waals surface area contributed by atoms with Crippen LogP contribution in [0.25, 0.3) is 0 Å². The van der Waals surface area contributed by atoms with Crippen molar-refractivity contribution in [3.05, 3.63) is 53.6 Å². The maximum Gasteiger partial charge on any atom is 0.250 e. The summed E-state index contributed by atoms with van der Waals surface area (Å²) in [6.45, 7) is 3.07. The molecular formula is C16H19N3O2. The highest BCUT2D eigenvalue weighted by molar-refractivity contribution is 6.00. The average molecular weight is 285 g/mol. The molecule has 0 aromatic heterocycles. The Morgan fingerprint density at radius 2 is 2.00 bits per heavy atom. The molecule has 0 heterocycles. The van der Waals surface area contributed by atoms with Gasteiger partial charge in [-0.3, -0.25) is 4.79 Å². The first kappa shape index (κ1) is 14.7. The van der Waals surface area contributed by atoms with E-state index < -0.39 is 5.91 Å². The first-order valence-electron chi connectivity index (χ1n) is 6.69. The smallest absolute Gasteiger partial charge is 0.250 e. The van der Waals surface area contributed by atoms with E-state index in [2.05, 4.69) is 5.32 Å². The van der Waals surface area contributed by atoms with Gasteiger partial charge in [0, 0.05) is 6.54 Å². The highest BCUT2D eigenvalue weighted by Gasteiger charge is 2.08. The number of hydrogen-bond donors (Lipinski definition) is 3. The lowest BCUT2D eigenvalue weighted by Gasteiger charge is -2.12. The normalized spacial score (nSPS) is 10.1. The molecule has 0 bridgehead atoms. The van der Waals surface area contributed by atoms with E-state index in [1.165, 1.54) is 0 Å². The molecule has 0 aliphatic heterocycles. The molecule has 21 heavy (non-hydrogen) atoms. The van der Waals surface area contributed by atoms with Crippen molar-refractivity contribution in [3.8, 4) is 5.75 Å². The van der Waals surface area contributed by atoms with Gasteiger partial charge in [-0.1, -0.05) is 18.2 Å². The maximum atomic E-state index is 11.2. The largest absolute Gasteiger partial charge is 0.492 e. The van der Waals surface area contributed by atoms with Crippen molar-refractivity contribution in [2.75, 3.05) is 24.2 Å². The second-order valence-corrected chi connectivity index (χ2v) is 4.72. The Bertz CT molecular complexity index is 641. The predicted octanol–water partition coefficient (Wildman–Crippen LogP) is 2.17. The first-order valence-corrected chi connectivity index (χ1v) is 6.69. The van der Waals surface area contributed by atoms with Crippen LogP contribution in [0.4, 0.5) is 11.4 Å². The molecule has 0 aliphatic rings. The van der Waals surface area contributed by atoms with E-state index >= 15 is 0 Å². The van der Waals surface area contributed by atoms with E-state index in [0.29, 0.717) is 30.1 Å². The summed E-state index contributed by atoms with van der Waals surface area (Å²) in [4.78, 5) is 11.2. The second-order valence-electron chi connectivity index (χ2n) is 4.72. The zero-order valence-electron chi connectivity index (χ0n) is 11.9. The fourth-order valence-electron chi connectivity index (χ4n) is 1.99. The molecule has 2 aromatic carbocycles. The molecule has 2 rings (SSSR count). The molecule has 0 radical (unpaired) electrons. The number of aryl methyl sites for hydroxylation is 1. The number of anilines is 2. The van der Waals surface area contributed by atoms with E-state index in [0.717, 1.165) is 11.3 Å². The van der Waals surface area contributed by atoms with Crippen molar-refractivity contribution in [2.45, 2.75) is 6.92 Å². The molecular weight excluding hydrogens is 266 g/mol. The van der Waals surface area contributed by atoms with Gasteiger partial charge in [-0.05, 0) is 36.8 Å². The summed E-state index contributed by atoms with van der Waals surface area (Å²) >= 11 is 0. The van der Waals surface area contributed by atoms with Crippen LogP contribution < -0.4 is 21.5 Å². The summed E-state index contributed by atoms with van der Waals surface area (Å²) in [5, 5.41) is 3.14. The highest BCUT2D eigenvalue weighted by Crippen LogP contribution is 2.22. The number of nitrogens with one attached hydrogen (secondary N) is 1. The van der Waals surface area contributed by atoms with Gasteiger partial charge in [-0.15, -0.1) is 0 Å². The Hall–Kier alpha value is -2.69. The molecule has 0 unspecified atom stereocenters. The van der Waals surface area contributed by atoms with E-state index in [4.69, 9.17) is 16.2 Å². The van der Waals surface area contributed by atoms with Crippen LogP contribution in [0, 0.1) is 6.92 Å². The van der Waals surface area contributed by atoms with Crippen LogP contribution in [-0.4, -0.2) is 19.1 Å². The number of rotatable bonds is 6. The number of hydrogen-bond acceptors (Lipinski definition) is 4. The summed E-state index contributed by atoms with van der Waals surface area (Å²) in [6.07, 6.45) is 0. The Morgan fingerprint density at radius 1 is 1.24 bits per heavy atom. The minimum absolute atomic E-state index is 0.319. The molecule has 0 spiro atoms. The number of primary amides is 1. The Kier molecular flexibility index (Phi) is 4.66. The van der Waals surface area contributed by atoms with Gasteiger partial charge in [0.25, 0.3) is 5.91 Å². The van der Waals surface area contributed by atoms with Gasteiger partial charge in [-0.2, -0.15) is 0 Å². The molecule has 5 N–H and O–H groups in total. The number of nitrogen functional groups attached to an aromatic ring is 1. The van der Waals surface area contributed by atoms with Crippen molar-refractivity contribution < 1.29 is 9.53 Å². The molecule has 1 amide bonds. The zero-order chi connectivity index (χ0) is 15.2. The zero-order valence-corrected chi connectivity index (χ0v) is 11.9. The SMILES string of the molecule is Cc1cccc(OCCNc2cccc(C(N)=O)c2N)c1. The van der Waals surface area contributed by atoms with Gasteiger partial charge in [0.05, 0.1) is 16.9 Å². The fraction of sp³-hybridized carbons (Fsp3) is 0.188. The lowest BCUT2D eigenvalue weighted by Crippen LogP contribution is -2.16. The molecule has 0 saturated carbocycles. The molecule has 110 valence electrons. The summed E-state index contributed by atoms with van der Waals surface area (Å²) in [5.41, 5.74) is 13.7. The van der Waals surface area contributed by atoms with Crippen LogP contribution in [0.15, 0.2) is 42.5 Å². The lowest BCUT2D eigenvalue weighted by atomic mass is 10.1. The summed E-state index contributed by atoms with van der Waals surface area (Å²) in [6, 6.07) is 13.0. The van der Waals surface area contributed by atoms with Crippen molar-refractivity contribution in [2.24, 2.45) is 5.73 Å². The van der Waals surface area contributed by atoms with Crippen LogP contribution >= 0.6 is 0 Å².